The number of hydrogen-bond donors (Lipinski definition) is 1. The number of esters is 2. The van der Waals surface area contributed by atoms with Crippen molar-refractivity contribution in [1.29, 1.82) is 0 Å². The van der Waals surface area contributed by atoms with Crippen LogP contribution in [0.4, 0.5) is 5.69 Å². The standard InChI is InChI=1S/C17H20N2O7S/c1-25-16(21)10-3-6-13(17(22)26-2)14(7-10)18-15(20)11-8-19(9-11)27(23,24)12-4-5-12/h3,6-7,11-12H,4-5,8-9H2,1-2H3,(H,18,20). The van der Waals surface area contributed by atoms with Crippen LogP contribution in [0.3, 0.4) is 0 Å². The lowest BCUT2D eigenvalue weighted by Crippen LogP contribution is -2.55. The van der Waals surface area contributed by atoms with Crippen molar-refractivity contribution in [3.05, 3.63) is 29.3 Å². The topological polar surface area (TPSA) is 119 Å². The van der Waals surface area contributed by atoms with Gasteiger partial charge in [0, 0.05) is 13.1 Å². The monoisotopic (exact) mass is 396 g/mol. The van der Waals surface area contributed by atoms with Crippen molar-refractivity contribution >= 4 is 33.6 Å². The van der Waals surface area contributed by atoms with Gasteiger partial charge in [-0.15, -0.1) is 0 Å². The van der Waals surface area contributed by atoms with E-state index >= 15 is 0 Å². The molecule has 27 heavy (non-hydrogen) atoms. The summed E-state index contributed by atoms with van der Waals surface area (Å²) in [6.45, 7) is 0.212. The second-order valence-electron chi connectivity index (χ2n) is 6.49. The molecule has 1 saturated heterocycles. The number of amides is 1. The summed E-state index contributed by atoms with van der Waals surface area (Å²) in [6.07, 6.45) is 1.33. The van der Waals surface area contributed by atoms with Gasteiger partial charge in [0.05, 0.1) is 42.2 Å². The van der Waals surface area contributed by atoms with Crippen LogP contribution in [0, 0.1) is 5.92 Å². The van der Waals surface area contributed by atoms with Crippen LogP contribution in [0.15, 0.2) is 18.2 Å². The molecule has 0 spiro atoms. The fourth-order valence-electron chi connectivity index (χ4n) is 2.80. The van der Waals surface area contributed by atoms with Crippen molar-refractivity contribution in [3.63, 3.8) is 0 Å². The summed E-state index contributed by atoms with van der Waals surface area (Å²) in [4.78, 5) is 36.1. The number of ether oxygens (including phenoxy) is 2. The molecule has 1 saturated carbocycles. The molecule has 10 heteroatoms. The zero-order valence-corrected chi connectivity index (χ0v) is 15.7. The van der Waals surface area contributed by atoms with Crippen molar-refractivity contribution in [1.82, 2.24) is 4.31 Å². The third kappa shape index (κ3) is 3.81. The number of nitrogens with one attached hydrogen (secondary N) is 1. The van der Waals surface area contributed by atoms with Crippen molar-refractivity contribution in [2.75, 3.05) is 32.6 Å². The van der Waals surface area contributed by atoms with Crippen molar-refractivity contribution in [3.8, 4) is 0 Å². The van der Waals surface area contributed by atoms with E-state index in [9.17, 15) is 22.8 Å². The maximum atomic E-state index is 12.5. The third-order valence-corrected chi connectivity index (χ3v) is 6.96. The molecule has 1 heterocycles. The lowest BCUT2D eigenvalue weighted by Gasteiger charge is -2.37. The van der Waals surface area contributed by atoms with E-state index in [4.69, 9.17) is 0 Å². The molecule has 0 aromatic heterocycles. The minimum Gasteiger partial charge on any atom is -0.465 e. The van der Waals surface area contributed by atoms with Crippen LogP contribution in [-0.2, 0) is 24.3 Å². The first-order chi connectivity index (χ1) is 12.8. The Hall–Kier alpha value is -2.46. The first-order valence-corrected chi connectivity index (χ1v) is 9.88. The van der Waals surface area contributed by atoms with Gasteiger partial charge < -0.3 is 14.8 Å². The van der Waals surface area contributed by atoms with E-state index in [2.05, 4.69) is 14.8 Å². The van der Waals surface area contributed by atoms with Gasteiger partial charge in [-0.05, 0) is 31.0 Å². The molecule has 1 amide bonds. The Kier molecular flexibility index (Phi) is 5.20. The number of methoxy groups -OCH3 is 2. The summed E-state index contributed by atoms with van der Waals surface area (Å²) in [5, 5.41) is 2.28. The molecule has 9 nitrogen and oxygen atoms in total. The highest BCUT2D eigenvalue weighted by Gasteiger charge is 2.47. The lowest BCUT2D eigenvalue weighted by molar-refractivity contribution is -0.122. The normalized spacial score (nSPS) is 17.7. The summed E-state index contributed by atoms with van der Waals surface area (Å²) in [5.74, 6) is -2.24. The summed E-state index contributed by atoms with van der Waals surface area (Å²) in [7, 11) is -0.874. The molecule has 1 aliphatic heterocycles. The average molecular weight is 396 g/mol. The Labute approximate surface area is 156 Å². The number of nitrogens with zero attached hydrogens (tertiary/aromatic N) is 1. The maximum Gasteiger partial charge on any atom is 0.339 e. The highest BCUT2D eigenvalue weighted by atomic mass is 32.2. The summed E-state index contributed by atoms with van der Waals surface area (Å²) in [5.41, 5.74) is 0.352. The number of sulfonamides is 1. The first kappa shape index (κ1) is 19.3. The van der Waals surface area contributed by atoms with Crippen LogP contribution < -0.4 is 5.32 Å². The van der Waals surface area contributed by atoms with Crippen LogP contribution in [0.25, 0.3) is 0 Å². The molecule has 1 aromatic carbocycles. The molecule has 0 atom stereocenters. The fourth-order valence-corrected chi connectivity index (χ4v) is 4.73. The molecule has 0 unspecified atom stereocenters. The number of hydrogen-bond acceptors (Lipinski definition) is 7. The molecule has 0 bridgehead atoms. The predicted octanol–water partition coefficient (Wildman–Crippen LogP) is 0.622. The number of rotatable bonds is 6. The number of anilines is 1. The second-order valence-corrected chi connectivity index (χ2v) is 8.70. The largest absolute Gasteiger partial charge is 0.465 e. The van der Waals surface area contributed by atoms with E-state index in [1.807, 2.05) is 0 Å². The van der Waals surface area contributed by atoms with E-state index in [1.54, 1.807) is 0 Å². The number of benzene rings is 1. The molecule has 1 N–H and O–H groups in total. The number of carbonyl (C=O) groups is 3. The Bertz CT molecular complexity index is 887. The zero-order valence-electron chi connectivity index (χ0n) is 14.9. The van der Waals surface area contributed by atoms with Gasteiger partial charge in [-0.25, -0.2) is 18.0 Å². The van der Waals surface area contributed by atoms with Crippen molar-refractivity contribution < 1.29 is 32.3 Å². The molecular weight excluding hydrogens is 376 g/mol. The highest BCUT2D eigenvalue weighted by molar-refractivity contribution is 7.90. The molecule has 1 aromatic rings. The van der Waals surface area contributed by atoms with Crippen LogP contribution in [-0.4, -0.2) is 63.1 Å². The van der Waals surface area contributed by atoms with Gasteiger partial charge in [0.15, 0.2) is 0 Å². The lowest BCUT2D eigenvalue weighted by atomic mass is 10.0. The summed E-state index contributed by atoms with van der Waals surface area (Å²) in [6, 6.07) is 4.08. The summed E-state index contributed by atoms with van der Waals surface area (Å²) >= 11 is 0. The van der Waals surface area contributed by atoms with E-state index in [-0.39, 0.29) is 35.2 Å². The van der Waals surface area contributed by atoms with Gasteiger partial charge in [0.1, 0.15) is 0 Å². The van der Waals surface area contributed by atoms with E-state index in [0.717, 1.165) is 0 Å². The minimum atomic E-state index is -3.30. The third-order valence-electron chi connectivity index (χ3n) is 4.63. The van der Waals surface area contributed by atoms with Crippen LogP contribution in [0.2, 0.25) is 0 Å². The Morgan fingerprint density at radius 1 is 1.07 bits per heavy atom. The summed E-state index contributed by atoms with van der Waals surface area (Å²) < 4.78 is 34.9. The average Bonchev–Trinajstić information content (AvgIpc) is 3.44. The van der Waals surface area contributed by atoms with Crippen LogP contribution in [0.1, 0.15) is 33.6 Å². The Morgan fingerprint density at radius 2 is 1.70 bits per heavy atom. The maximum absolute atomic E-state index is 12.5. The molecule has 2 fully saturated rings. The molecule has 3 rings (SSSR count). The molecule has 0 radical (unpaired) electrons. The van der Waals surface area contributed by atoms with Crippen LogP contribution >= 0.6 is 0 Å². The minimum absolute atomic E-state index is 0.0836. The molecule has 2 aliphatic rings. The SMILES string of the molecule is COC(=O)c1ccc(C(=O)OC)c(NC(=O)C2CN(S(=O)(=O)C3CC3)C2)c1. The van der Waals surface area contributed by atoms with Crippen molar-refractivity contribution in [2.24, 2.45) is 5.92 Å². The Balaban J connectivity index is 1.73. The first-order valence-electron chi connectivity index (χ1n) is 8.38. The number of carbonyl (C=O) groups excluding carboxylic acids is 3. The fraction of sp³-hybridized carbons (Fsp3) is 0.471. The van der Waals surface area contributed by atoms with Gasteiger partial charge in [0.25, 0.3) is 0 Å². The van der Waals surface area contributed by atoms with Gasteiger partial charge in [-0.3, -0.25) is 4.79 Å². The molecule has 146 valence electrons. The highest BCUT2D eigenvalue weighted by Crippen LogP contribution is 2.34. The van der Waals surface area contributed by atoms with Gasteiger partial charge in [-0.1, -0.05) is 0 Å². The van der Waals surface area contributed by atoms with E-state index in [0.29, 0.717) is 12.8 Å². The van der Waals surface area contributed by atoms with Gasteiger partial charge in [0.2, 0.25) is 15.9 Å². The Morgan fingerprint density at radius 3 is 2.26 bits per heavy atom. The van der Waals surface area contributed by atoms with Gasteiger partial charge in [-0.2, -0.15) is 4.31 Å². The quantitative estimate of drug-likeness (QED) is 0.700. The van der Waals surface area contributed by atoms with Crippen molar-refractivity contribution in [2.45, 2.75) is 18.1 Å². The molecular formula is C17H20N2O7S. The zero-order chi connectivity index (χ0) is 19.8. The van der Waals surface area contributed by atoms with Gasteiger partial charge >= 0.3 is 11.9 Å². The predicted molar refractivity (Wildman–Crippen MR) is 94.8 cm³/mol. The van der Waals surface area contributed by atoms with E-state index < -0.39 is 33.8 Å². The van der Waals surface area contributed by atoms with Crippen LogP contribution in [0.5, 0.6) is 0 Å². The smallest absolute Gasteiger partial charge is 0.339 e. The van der Waals surface area contributed by atoms with E-state index in [1.165, 1.54) is 36.7 Å². The molecule has 1 aliphatic carbocycles. The second kappa shape index (κ2) is 7.28.